The average Bonchev–Trinajstić information content (AvgIpc) is 3.25. The fourth-order valence-corrected chi connectivity index (χ4v) is 4.81. The number of hydrogen-bond acceptors (Lipinski definition) is 7. The number of ether oxygens (including phenoxy) is 1. The fraction of sp³-hybridized carbons (Fsp3) is 0.476. The molecule has 0 radical (unpaired) electrons. The molecule has 0 saturated carbocycles. The molecule has 3 heterocycles. The van der Waals surface area contributed by atoms with Gasteiger partial charge in [0.15, 0.2) is 0 Å². The maximum absolute atomic E-state index is 13.0. The van der Waals surface area contributed by atoms with Crippen molar-refractivity contribution in [1.29, 1.82) is 0 Å². The first-order valence-corrected chi connectivity index (χ1v) is 11.7. The number of piperidine rings is 1. The van der Waals surface area contributed by atoms with Crippen molar-refractivity contribution < 1.29 is 27.2 Å². The molecule has 1 fully saturated rings. The van der Waals surface area contributed by atoms with Crippen molar-refractivity contribution >= 4 is 21.9 Å². The number of rotatable bonds is 6. The van der Waals surface area contributed by atoms with Crippen molar-refractivity contribution in [2.24, 2.45) is 10.9 Å². The third-order valence-corrected chi connectivity index (χ3v) is 6.69. The number of aromatic nitrogens is 1. The van der Waals surface area contributed by atoms with Crippen LogP contribution in [0.1, 0.15) is 49.0 Å². The Morgan fingerprint density at radius 3 is 2.55 bits per heavy atom. The highest BCUT2D eigenvalue weighted by molar-refractivity contribution is 7.89. The predicted octanol–water partition coefficient (Wildman–Crippen LogP) is 2.31. The van der Waals surface area contributed by atoms with E-state index < -0.39 is 16.0 Å². The summed E-state index contributed by atoms with van der Waals surface area (Å²) < 4.78 is 38.6. The highest BCUT2D eigenvalue weighted by atomic mass is 32.2. The van der Waals surface area contributed by atoms with Crippen LogP contribution in [0, 0.1) is 5.92 Å². The molecule has 9 nitrogen and oxygen atoms in total. The molecule has 0 N–H and O–H groups in total. The van der Waals surface area contributed by atoms with Gasteiger partial charge in [-0.05, 0) is 57.9 Å². The molecule has 2 aromatic heterocycles. The third kappa shape index (κ3) is 5.13. The van der Waals surface area contributed by atoms with Gasteiger partial charge < -0.3 is 9.15 Å². The normalized spacial score (nSPS) is 16.6. The Morgan fingerprint density at radius 2 is 1.90 bits per heavy atom. The second-order valence-corrected chi connectivity index (χ2v) is 9.38. The SMILES string of the molecule is CCOC(=O)c1ccc(S(=O)(=O)N2CCC(C(=O)n3ccccc3=NC(C)C)CC2)o1. The molecule has 0 aromatic carbocycles. The Balaban J connectivity index is 1.71. The molecule has 0 atom stereocenters. The maximum atomic E-state index is 13.0. The number of carbonyl (C=O) groups is 2. The molecular weight excluding hydrogens is 422 g/mol. The lowest BCUT2D eigenvalue weighted by molar-refractivity contribution is 0.0483. The first-order chi connectivity index (χ1) is 14.7. The average molecular weight is 450 g/mol. The predicted molar refractivity (Wildman–Crippen MR) is 112 cm³/mol. The Kier molecular flexibility index (Phi) is 7.11. The third-order valence-electron chi connectivity index (χ3n) is 4.92. The summed E-state index contributed by atoms with van der Waals surface area (Å²) in [6, 6.07) is 7.96. The van der Waals surface area contributed by atoms with E-state index in [9.17, 15) is 18.0 Å². The van der Waals surface area contributed by atoms with Crippen LogP contribution < -0.4 is 5.49 Å². The van der Waals surface area contributed by atoms with Crippen LogP contribution in [0.4, 0.5) is 0 Å². The summed E-state index contributed by atoms with van der Waals surface area (Å²) in [5, 5.41) is -0.309. The minimum atomic E-state index is -3.91. The van der Waals surface area contributed by atoms with E-state index in [0.717, 1.165) is 0 Å². The first-order valence-electron chi connectivity index (χ1n) is 10.3. The molecule has 10 heteroatoms. The van der Waals surface area contributed by atoms with Gasteiger partial charge in [0.05, 0.1) is 6.61 Å². The minimum absolute atomic E-state index is 0.0428. The zero-order valence-corrected chi connectivity index (χ0v) is 18.7. The lowest BCUT2D eigenvalue weighted by atomic mass is 9.97. The highest BCUT2D eigenvalue weighted by Crippen LogP contribution is 2.26. The molecule has 0 aliphatic carbocycles. The first kappa shape index (κ1) is 23.0. The van der Waals surface area contributed by atoms with Gasteiger partial charge in [-0.15, -0.1) is 0 Å². The van der Waals surface area contributed by atoms with Crippen LogP contribution in [-0.2, 0) is 14.8 Å². The number of hydrogen-bond donors (Lipinski definition) is 0. The van der Waals surface area contributed by atoms with Crippen molar-refractivity contribution in [2.75, 3.05) is 19.7 Å². The topological polar surface area (TPSA) is 111 Å². The Hall–Kier alpha value is -2.72. The summed E-state index contributed by atoms with van der Waals surface area (Å²) in [6.07, 6.45) is 2.45. The van der Waals surface area contributed by atoms with Crippen molar-refractivity contribution in [2.45, 2.75) is 44.7 Å². The van der Waals surface area contributed by atoms with E-state index >= 15 is 0 Å². The number of furan rings is 1. The van der Waals surface area contributed by atoms with Gasteiger partial charge >= 0.3 is 5.97 Å². The van der Waals surface area contributed by atoms with Crippen LogP contribution in [0.2, 0.25) is 0 Å². The van der Waals surface area contributed by atoms with Crippen LogP contribution in [0.15, 0.2) is 51.0 Å². The van der Waals surface area contributed by atoms with Crippen LogP contribution in [0.3, 0.4) is 0 Å². The summed E-state index contributed by atoms with van der Waals surface area (Å²) in [6.45, 7) is 6.04. The minimum Gasteiger partial charge on any atom is -0.460 e. The largest absolute Gasteiger partial charge is 0.460 e. The van der Waals surface area contributed by atoms with Gasteiger partial charge in [-0.25, -0.2) is 13.2 Å². The van der Waals surface area contributed by atoms with E-state index in [2.05, 4.69) is 4.99 Å². The van der Waals surface area contributed by atoms with E-state index in [0.29, 0.717) is 18.3 Å². The number of pyridine rings is 1. The summed E-state index contributed by atoms with van der Waals surface area (Å²) in [7, 11) is -3.91. The summed E-state index contributed by atoms with van der Waals surface area (Å²) in [5.74, 6) is -1.28. The van der Waals surface area contributed by atoms with Gasteiger partial charge in [-0.1, -0.05) is 6.07 Å². The molecule has 2 aromatic rings. The van der Waals surface area contributed by atoms with Crippen molar-refractivity contribution in [3.63, 3.8) is 0 Å². The number of nitrogens with zero attached hydrogens (tertiary/aromatic N) is 3. The Labute approximate surface area is 181 Å². The molecule has 1 aliphatic rings. The van der Waals surface area contributed by atoms with Crippen LogP contribution in [0.25, 0.3) is 0 Å². The molecule has 31 heavy (non-hydrogen) atoms. The monoisotopic (exact) mass is 449 g/mol. The number of carbonyl (C=O) groups excluding carboxylic acids is 2. The summed E-state index contributed by atoms with van der Waals surface area (Å²) in [4.78, 5) is 29.3. The number of sulfonamides is 1. The zero-order valence-electron chi connectivity index (χ0n) is 17.9. The molecule has 168 valence electrons. The van der Waals surface area contributed by atoms with Gasteiger partial charge in [-0.3, -0.25) is 14.4 Å². The fourth-order valence-electron chi connectivity index (χ4n) is 3.43. The smallest absolute Gasteiger partial charge is 0.374 e. The van der Waals surface area contributed by atoms with Crippen molar-refractivity contribution in [1.82, 2.24) is 8.87 Å². The van der Waals surface area contributed by atoms with Crippen LogP contribution in [-0.4, -0.2) is 54.9 Å². The molecule has 0 bridgehead atoms. The molecule has 0 spiro atoms. The van der Waals surface area contributed by atoms with E-state index in [-0.39, 0.29) is 48.4 Å². The summed E-state index contributed by atoms with van der Waals surface area (Å²) in [5.41, 5.74) is 0.583. The van der Waals surface area contributed by atoms with Gasteiger partial charge in [0.1, 0.15) is 5.49 Å². The second kappa shape index (κ2) is 9.61. The van der Waals surface area contributed by atoms with E-state index in [1.807, 2.05) is 19.9 Å². The van der Waals surface area contributed by atoms with Crippen LogP contribution in [0.5, 0.6) is 0 Å². The van der Waals surface area contributed by atoms with Crippen LogP contribution >= 0.6 is 0 Å². The molecule has 3 rings (SSSR count). The Morgan fingerprint density at radius 1 is 1.19 bits per heavy atom. The molecule has 0 unspecified atom stereocenters. The van der Waals surface area contributed by atoms with Gasteiger partial charge in [0.2, 0.25) is 16.8 Å². The molecular formula is C21H27N3O6S. The van der Waals surface area contributed by atoms with Gasteiger partial charge in [-0.2, -0.15) is 4.31 Å². The van der Waals surface area contributed by atoms with E-state index in [1.54, 1.807) is 25.3 Å². The van der Waals surface area contributed by atoms with Crippen molar-refractivity contribution in [3.05, 3.63) is 47.8 Å². The zero-order chi connectivity index (χ0) is 22.6. The maximum Gasteiger partial charge on any atom is 0.374 e. The highest BCUT2D eigenvalue weighted by Gasteiger charge is 2.34. The quantitative estimate of drug-likeness (QED) is 0.626. The van der Waals surface area contributed by atoms with Gasteiger partial charge in [0, 0.05) is 31.2 Å². The lowest BCUT2D eigenvalue weighted by Gasteiger charge is -2.30. The Bertz CT molecular complexity index is 1110. The second-order valence-electron chi connectivity index (χ2n) is 7.51. The number of esters is 1. The van der Waals surface area contributed by atoms with E-state index in [1.165, 1.54) is 21.0 Å². The molecule has 1 aliphatic heterocycles. The van der Waals surface area contributed by atoms with Gasteiger partial charge in [0.25, 0.3) is 10.0 Å². The standard InChI is InChI=1S/C21H27N3O6S/c1-4-29-21(26)17-8-9-19(30-17)31(27,28)23-13-10-16(11-14-23)20(25)24-12-6-5-7-18(24)22-15(2)3/h5-9,12,15-16H,4,10-11,13-14H2,1-3H3. The van der Waals surface area contributed by atoms with Crippen molar-refractivity contribution in [3.8, 4) is 0 Å². The summed E-state index contributed by atoms with van der Waals surface area (Å²) >= 11 is 0. The van der Waals surface area contributed by atoms with E-state index in [4.69, 9.17) is 9.15 Å². The lowest BCUT2D eigenvalue weighted by Crippen LogP contribution is -2.42. The molecule has 0 amide bonds. The molecule has 1 saturated heterocycles.